The van der Waals surface area contributed by atoms with Crippen LogP contribution in [0.4, 0.5) is 5.69 Å². The minimum atomic E-state index is -0.863. The first kappa shape index (κ1) is 22.9. The van der Waals surface area contributed by atoms with Crippen molar-refractivity contribution in [3.63, 3.8) is 0 Å². The SMILES string of the molecule is CCCCOc1ccc(CC(C)(C)NCC(O)c2ccc(O)c3c2OCC(=O)N3)cc1. The summed E-state index contributed by atoms with van der Waals surface area (Å²) in [6.07, 6.45) is 2.06. The molecule has 1 amide bonds. The molecule has 0 saturated heterocycles. The monoisotopic (exact) mass is 428 g/mol. The van der Waals surface area contributed by atoms with E-state index in [0.29, 0.717) is 17.9 Å². The largest absolute Gasteiger partial charge is 0.506 e. The average molecular weight is 429 g/mol. The second-order valence-electron chi connectivity index (χ2n) is 8.52. The van der Waals surface area contributed by atoms with E-state index in [-0.39, 0.29) is 29.5 Å². The van der Waals surface area contributed by atoms with E-state index >= 15 is 0 Å². The third-order valence-electron chi connectivity index (χ3n) is 5.25. The number of carbonyl (C=O) groups is 1. The van der Waals surface area contributed by atoms with E-state index in [1.807, 2.05) is 12.1 Å². The molecule has 0 spiro atoms. The van der Waals surface area contributed by atoms with E-state index in [1.165, 1.54) is 11.6 Å². The van der Waals surface area contributed by atoms with Gasteiger partial charge in [-0.3, -0.25) is 4.79 Å². The Bertz CT molecular complexity index is 896. The number of β-amino-alcohol motifs (C(OH)–C–C–N with tert-alkyl or cyclic N) is 1. The van der Waals surface area contributed by atoms with Crippen molar-refractivity contribution in [1.29, 1.82) is 0 Å². The molecule has 3 rings (SSSR count). The van der Waals surface area contributed by atoms with Gasteiger partial charge in [0.2, 0.25) is 0 Å². The molecule has 7 nitrogen and oxygen atoms in total. The Kier molecular flexibility index (Phi) is 7.41. The molecule has 31 heavy (non-hydrogen) atoms. The lowest BCUT2D eigenvalue weighted by Gasteiger charge is -2.29. The van der Waals surface area contributed by atoms with E-state index in [1.54, 1.807) is 6.07 Å². The lowest BCUT2D eigenvalue weighted by atomic mass is 9.94. The summed E-state index contributed by atoms with van der Waals surface area (Å²) in [7, 11) is 0. The first-order valence-electron chi connectivity index (χ1n) is 10.7. The highest BCUT2D eigenvalue weighted by atomic mass is 16.5. The molecule has 1 aliphatic heterocycles. The number of hydrogen-bond donors (Lipinski definition) is 4. The molecular weight excluding hydrogens is 396 g/mol. The molecule has 1 heterocycles. The second-order valence-corrected chi connectivity index (χ2v) is 8.52. The summed E-state index contributed by atoms with van der Waals surface area (Å²) in [5, 5.41) is 26.7. The number of rotatable bonds is 10. The summed E-state index contributed by atoms with van der Waals surface area (Å²) in [5.41, 5.74) is 1.62. The number of amides is 1. The lowest BCUT2D eigenvalue weighted by molar-refractivity contribution is -0.118. The van der Waals surface area contributed by atoms with Crippen molar-refractivity contribution in [2.24, 2.45) is 0 Å². The quantitative estimate of drug-likeness (QED) is 0.341. The zero-order chi connectivity index (χ0) is 22.4. The molecule has 0 aliphatic carbocycles. The number of fused-ring (bicyclic) bond motifs is 1. The van der Waals surface area contributed by atoms with Crippen molar-refractivity contribution < 1.29 is 24.5 Å². The van der Waals surface area contributed by atoms with Gasteiger partial charge in [-0.2, -0.15) is 0 Å². The van der Waals surface area contributed by atoms with Crippen LogP contribution >= 0.6 is 0 Å². The smallest absolute Gasteiger partial charge is 0.262 e. The standard InChI is InChI=1S/C24H32N2O5/c1-4-5-12-30-17-8-6-16(7-9-17)13-24(2,3)25-14-20(28)18-10-11-19(27)22-23(18)31-15-21(29)26-22/h6-11,20,25,27-28H,4-5,12-15H2,1-3H3,(H,26,29). The van der Waals surface area contributed by atoms with Gasteiger partial charge in [-0.05, 0) is 56.5 Å². The third kappa shape index (κ3) is 6.12. The number of phenolic OH excluding ortho intramolecular Hbond substituents is 1. The number of aromatic hydroxyl groups is 1. The van der Waals surface area contributed by atoms with Gasteiger partial charge in [0, 0.05) is 17.6 Å². The minimum Gasteiger partial charge on any atom is -0.506 e. The Balaban J connectivity index is 1.59. The van der Waals surface area contributed by atoms with Crippen LogP contribution in [-0.4, -0.2) is 41.4 Å². The molecule has 4 N–H and O–H groups in total. The Hall–Kier alpha value is -2.77. The molecule has 2 aromatic carbocycles. The van der Waals surface area contributed by atoms with Gasteiger partial charge in [-0.15, -0.1) is 0 Å². The van der Waals surface area contributed by atoms with Crippen LogP contribution in [0.1, 0.15) is 50.8 Å². The number of aliphatic hydroxyl groups excluding tert-OH is 1. The molecule has 1 atom stereocenters. The molecule has 0 aromatic heterocycles. The van der Waals surface area contributed by atoms with Crippen LogP contribution < -0.4 is 20.1 Å². The number of carbonyl (C=O) groups excluding carboxylic acids is 1. The molecule has 0 fully saturated rings. The summed E-state index contributed by atoms with van der Waals surface area (Å²) in [4.78, 5) is 11.5. The fourth-order valence-corrected chi connectivity index (χ4v) is 3.53. The predicted molar refractivity (Wildman–Crippen MR) is 120 cm³/mol. The van der Waals surface area contributed by atoms with Crippen LogP contribution in [0.25, 0.3) is 0 Å². The van der Waals surface area contributed by atoms with Gasteiger partial charge in [0.15, 0.2) is 12.4 Å². The van der Waals surface area contributed by atoms with Gasteiger partial charge in [0.25, 0.3) is 5.91 Å². The number of phenols is 1. The molecule has 1 unspecified atom stereocenters. The zero-order valence-electron chi connectivity index (χ0n) is 18.4. The molecule has 0 bridgehead atoms. The van der Waals surface area contributed by atoms with Crippen molar-refractivity contribution in [2.75, 3.05) is 25.1 Å². The van der Waals surface area contributed by atoms with Gasteiger partial charge < -0.3 is 30.3 Å². The van der Waals surface area contributed by atoms with Gasteiger partial charge in [0.1, 0.15) is 17.2 Å². The number of unbranched alkanes of at least 4 members (excludes halogenated alkanes) is 1. The molecule has 168 valence electrons. The van der Waals surface area contributed by atoms with Crippen molar-refractivity contribution >= 4 is 11.6 Å². The average Bonchev–Trinajstić information content (AvgIpc) is 2.74. The highest BCUT2D eigenvalue weighted by Crippen LogP contribution is 2.41. The van der Waals surface area contributed by atoms with Crippen LogP contribution in [0.2, 0.25) is 0 Å². The lowest BCUT2D eigenvalue weighted by Crippen LogP contribution is -2.43. The number of ether oxygens (including phenoxy) is 2. The third-order valence-corrected chi connectivity index (χ3v) is 5.25. The van der Waals surface area contributed by atoms with Gasteiger partial charge in [-0.1, -0.05) is 25.5 Å². The van der Waals surface area contributed by atoms with Crippen LogP contribution in [0.15, 0.2) is 36.4 Å². The van der Waals surface area contributed by atoms with Crippen molar-refractivity contribution in [3.8, 4) is 17.2 Å². The molecule has 7 heteroatoms. The Labute approximate surface area is 183 Å². The maximum Gasteiger partial charge on any atom is 0.262 e. The Morgan fingerprint density at radius 3 is 2.68 bits per heavy atom. The molecule has 0 radical (unpaired) electrons. The number of aliphatic hydroxyl groups is 1. The second kappa shape index (κ2) is 10.0. The van der Waals surface area contributed by atoms with E-state index in [9.17, 15) is 15.0 Å². The number of nitrogens with one attached hydrogen (secondary N) is 2. The normalized spacial score (nSPS) is 14.4. The highest BCUT2D eigenvalue weighted by molar-refractivity contribution is 5.97. The van der Waals surface area contributed by atoms with E-state index < -0.39 is 6.10 Å². The zero-order valence-corrected chi connectivity index (χ0v) is 18.4. The van der Waals surface area contributed by atoms with E-state index in [4.69, 9.17) is 9.47 Å². The first-order valence-corrected chi connectivity index (χ1v) is 10.7. The van der Waals surface area contributed by atoms with E-state index in [0.717, 1.165) is 31.6 Å². The highest BCUT2D eigenvalue weighted by Gasteiger charge is 2.27. The Morgan fingerprint density at radius 2 is 1.97 bits per heavy atom. The minimum absolute atomic E-state index is 0.0885. The van der Waals surface area contributed by atoms with Crippen LogP contribution in [-0.2, 0) is 11.2 Å². The first-order chi connectivity index (χ1) is 14.8. The van der Waals surface area contributed by atoms with E-state index in [2.05, 4.69) is 43.5 Å². The molecule has 0 saturated carbocycles. The van der Waals surface area contributed by atoms with Gasteiger partial charge in [0.05, 0.1) is 12.7 Å². The summed E-state index contributed by atoms with van der Waals surface area (Å²) >= 11 is 0. The van der Waals surface area contributed by atoms with Gasteiger partial charge in [-0.25, -0.2) is 0 Å². The summed E-state index contributed by atoms with van der Waals surface area (Å²) in [5.74, 6) is 0.762. The van der Waals surface area contributed by atoms with Crippen molar-refractivity contribution in [3.05, 3.63) is 47.5 Å². The van der Waals surface area contributed by atoms with Crippen molar-refractivity contribution in [2.45, 2.75) is 51.7 Å². The fourth-order valence-electron chi connectivity index (χ4n) is 3.53. The maximum absolute atomic E-state index is 11.5. The van der Waals surface area contributed by atoms with Crippen LogP contribution in [0, 0.1) is 0 Å². The Morgan fingerprint density at radius 1 is 1.23 bits per heavy atom. The predicted octanol–water partition coefficient (Wildman–Crippen LogP) is 3.55. The van der Waals surface area contributed by atoms with Crippen LogP contribution in [0.5, 0.6) is 17.2 Å². The van der Waals surface area contributed by atoms with Crippen molar-refractivity contribution in [1.82, 2.24) is 5.32 Å². The molecule has 1 aliphatic rings. The molecule has 2 aromatic rings. The topological polar surface area (TPSA) is 100 Å². The number of benzene rings is 2. The number of hydrogen-bond acceptors (Lipinski definition) is 6. The number of anilines is 1. The maximum atomic E-state index is 11.5. The summed E-state index contributed by atoms with van der Waals surface area (Å²) in [6, 6.07) is 11.2. The van der Waals surface area contributed by atoms with Crippen LogP contribution in [0.3, 0.4) is 0 Å². The summed E-state index contributed by atoms with van der Waals surface area (Å²) in [6.45, 7) is 7.17. The molecular formula is C24H32N2O5. The fraction of sp³-hybridized carbons (Fsp3) is 0.458. The van der Waals surface area contributed by atoms with Gasteiger partial charge >= 0.3 is 0 Å². The summed E-state index contributed by atoms with van der Waals surface area (Å²) < 4.78 is 11.2.